The molecule has 2 aliphatic rings. The van der Waals surface area contributed by atoms with Crippen LogP contribution in [-0.4, -0.2) is 83.7 Å². The van der Waals surface area contributed by atoms with E-state index in [1.807, 2.05) is 48.7 Å². The Morgan fingerprint density at radius 2 is 1.84 bits per heavy atom. The molecular weight excluding hydrogens is 643 g/mol. The van der Waals surface area contributed by atoms with Crippen LogP contribution in [0.2, 0.25) is 0 Å². The fourth-order valence-electron chi connectivity index (χ4n) is 6.82. The zero-order chi connectivity index (χ0) is 32.9. The summed E-state index contributed by atoms with van der Waals surface area (Å²) in [6.45, 7) is 6.33. The lowest BCUT2D eigenvalue weighted by molar-refractivity contribution is -0.0691. The topological polar surface area (TPSA) is 135 Å². The van der Waals surface area contributed by atoms with Crippen molar-refractivity contribution in [3.63, 3.8) is 0 Å². The summed E-state index contributed by atoms with van der Waals surface area (Å²) in [7, 11) is 1.67. The number of rotatable bonds is 7. The predicted octanol–water partition coefficient (Wildman–Crippen LogP) is 3.05. The van der Waals surface area contributed by atoms with Crippen molar-refractivity contribution in [3.8, 4) is 16.9 Å². The Labute approximate surface area is 288 Å². The van der Waals surface area contributed by atoms with Gasteiger partial charge in [0.05, 0.1) is 43.3 Å². The summed E-state index contributed by atoms with van der Waals surface area (Å²) in [6.07, 6.45) is 6.67. The van der Waals surface area contributed by atoms with Gasteiger partial charge in [-0.05, 0) is 48.9 Å². The minimum atomic E-state index is -0.406. The molecule has 0 spiro atoms. The number of anilines is 3. The van der Waals surface area contributed by atoms with Gasteiger partial charge in [0.25, 0.3) is 11.1 Å². The largest absolute Gasteiger partial charge is 0.392 e. The van der Waals surface area contributed by atoms with Gasteiger partial charge in [0, 0.05) is 61.6 Å². The summed E-state index contributed by atoms with van der Waals surface area (Å²) >= 11 is 0. The Kier molecular flexibility index (Phi) is 8.71. The number of fused-ring (bicyclic) bond motifs is 3. The number of nitrogens with zero attached hydrogens (tertiary/aromatic N) is 8. The zero-order valence-corrected chi connectivity index (χ0v) is 28.2. The second kappa shape index (κ2) is 13.1. The van der Waals surface area contributed by atoms with E-state index < -0.39 is 6.61 Å². The van der Waals surface area contributed by atoms with Crippen LogP contribution in [0, 0.1) is 0 Å². The van der Waals surface area contributed by atoms with Crippen molar-refractivity contribution < 1.29 is 9.84 Å². The van der Waals surface area contributed by atoms with Crippen LogP contribution in [0.5, 0.6) is 0 Å². The minimum Gasteiger partial charge on any atom is -0.392 e. The molecule has 0 saturated carbocycles. The molecule has 2 saturated heterocycles. The van der Waals surface area contributed by atoms with Gasteiger partial charge >= 0.3 is 0 Å². The van der Waals surface area contributed by atoms with E-state index in [4.69, 9.17) is 4.74 Å². The Morgan fingerprint density at radius 1 is 1.00 bits per heavy atom. The Morgan fingerprint density at radius 3 is 2.57 bits per heavy atom. The van der Waals surface area contributed by atoms with Crippen LogP contribution in [0.3, 0.4) is 0 Å². The first-order chi connectivity index (χ1) is 23.4. The Balaban J connectivity index is 0.00000378. The maximum Gasteiger partial charge on any atom is 0.297 e. The third kappa shape index (κ3) is 5.76. The van der Waals surface area contributed by atoms with Gasteiger partial charge in [-0.2, -0.15) is 23.3 Å². The highest BCUT2D eigenvalue weighted by atomic mass is 32.1. The van der Waals surface area contributed by atoms with Gasteiger partial charge in [-0.1, -0.05) is 18.2 Å². The molecule has 0 amide bonds. The molecule has 2 N–H and O–H groups in total. The highest BCUT2D eigenvalue weighted by Gasteiger charge is 2.32. The highest BCUT2D eigenvalue weighted by Crippen LogP contribution is 2.29. The molecule has 14 heteroatoms. The number of para-hydroxylation sites is 1. The maximum atomic E-state index is 13.7. The number of pyridine rings is 3. The Hall–Kier alpha value is -5.02. The van der Waals surface area contributed by atoms with E-state index in [0.717, 1.165) is 49.4 Å². The molecule has 49 heavy (non-hydrogen) atoms. The van der Waals surface area contributed by atoms with Crippen LogP contribution in [0.25, 0.3) is 33.4 Å². The Bertz CT molecular complexity index is 2280. The molecule has 0 bridgehead atoms. The van der Waals surface area contributed by atoms with Crippen molar-refractivity contribution in [2.45, 2.75) is 25.6 Å². The molecule has 5 aromatic heterocycles. The van der Waals surface area contributed by atoms with Crippen LogP contribution in [0.4, 0.5) is 17.2 Å². The smallest absolute Gasteiger partial charge is 0.297 e. The van der Waals surface area contributed by atoms with Crippen LogP contribution >= 0.6 is 13.5 Å². The van der Waals surface area contributed by atoms with Crippen molar-refractivity contribution >= 4 is 47.1 Å². The SMILES string of the molecule is C[C@H]1CN(C2COC2)CCN1c1ccc(Nc2cc(-c3ccnc(-n4ncn5c(cc6ccccc65)c4=O)c3CO)cn(C)c2=O)nc1.S. The second-order valence-electron chi connectivity index (χ2n) is 12.4. The molecule has 8 rings (SSSR count). The van der Waals surface area contributed by atoms with Gasteiger partial charge in [0.2, 0.25) is 0 Å². The molecule has 2 aliphatic heterocycles. The first-order valence-corrected chi connectivity index (χ1v) is 16.0. The van der Waals surface area contributed by atoms with Gasteiger partial charge in [-0.25, -0.2) is 9.97 Å². The van der Waals surface area contributed by atoms with Gasteiger partial charge in [0.1, 0.15) is 23.3 Å². The molecule has 2 fully saturated rings. The van der Waals surface area contributed by atoms with E-state index >= 15 is 0 Å². The zero-order valence-electron chi connectivity index (χ0n) is 27.2. The number of hydrogen-bond donors (Lipinski definition) is 2. The number of aryl methyl sites for hydroxylation is 1. The molecule has 0 radical (unpaired) electrons. The number of aliphatic hydroxyl groups excluding tert-OH is 1. The second-order valence-corrected chi connectivity index (χ2v) is 12.4. The molecule has 0 aliphatic carbocycles. The normalized spacial score (nSPS) is 16.9. The summed E-state index contributed by atoms with van der Waals surface area (Å²) in [5.41, 5.74) is 3.72. The lowest BCUT2D eigenvalue weighted by atomic mass is 10.0. The standard InChI is InChI=1S/C35H35N9O4.H2S/c1-22-16-41(26-19-48-20-26)11-12-42(22)25-7-8-32(37-15-25)39-29-13-24(17-40(2)34(29)46)27-9-10-36-33(28(27)18-45)44-35(47)31-14-23-5-3-4-6-30(23)43(31)21-38-44;/h3-10,13-15,17,21-22,26,45H,11-12,16,18-20H2,1-2H3,(H,37,39);1H2/t22-;/m0./s1. The monoisotopic (exact) mass is 679 g/mol. The molecular formula is C35H37N9O4S. The number of benzene rings is 1. The van der Waals surface area contributed by atoms with Crippen molar-refractivity contribution in [2.75, 3.05) is 43.1 Å². The molecule has 6 aromatic rings. The van der Waals surface area contributed by atoms with E-state index in [1.54, 1.807) is 42.3 Å². The van der Waals surface area contributed by atoms with Crippen LogP contribution < -0.4 is 21.3 Å². The maximum absolute atomic E-state index is 13.7. The molecule has 1 atom stereocenters. The van der Waals surface area contributed by atoms with E-state index in [9.17, 15) is 14.7 Å². The summed E-state index contributed by atoms with van der Waals surface area (Å²) in [5.74, 6) is 0.747. The molecule has 7 heterocycles. The van der Waals surface area contributed by atoms with E-state index in [1.165, 1.54) is 9.25 Å². The van der Waals surface area contributed by atoms with Gasteiger partial charge in [-0.3, -0.25) is 18.9 Å². The lowest BCUT2D eigenvalue weighted by Gasteiger charge is -2.46. The molecule has 1 aromatic carbocycles. The minimum absolute atomic E-state index is 0. The fraction of sp³-hybridized carbons (Fsp3) is 0.286. The van der Waals surface area contributed by atoms with Crippen LogP contribution in [-0.2, 0) is 18.4 Å². The van der Waals surface area contributed by atoms with Gasteiger partial charge in [0.15, 0.2) is 5.82 Å². The number of piperazine rings is 1. The lowest BCUT2D eigenvalue weighted by Crippen LogP contribution is -2.59. The van der Waals surface area contributed by atoms with Crippen LogP contribution in [0.1, 0.15) is 12.5 Å². The number of aliphatic hydroxyl groups is 1. The van der Waals surface area contributed by atoms with Crippen molar-refractivity contribution in [2.24, 2.45) is 7.05 Å². The first-order valence-electron chi connectivity index (χ1n) is 16.0. The quantitative estimate of drug-likeness (QED) is 0.259. The van der Waals surface area contributed by atoms with E-state index in [0.29, 0.717) is 45.8 Å². The summed E-state index contributed by atoms with van der Waals surface area (Å²) in [5, 5.41) is 19.1. The van der Waals surface area contributed by atoms with Gasteiger partial charge in [-0.15, -0.1) is 0 Å². The first kappa shape index (κ1) is 32.5. The molecule has 252 valence electrons. The number of hydrogen-bond acceptors (Lipinski definition) is 10. The van der Waals surface area contributed by atoms with Crippen molar-refractivity contribution in [1.82, 2.24) is 33.6 Å². The van der Waals surface area contributed by atoms with Crippen LogP contribution in [0.15, 0.2) is 89.1 Å². The van der Waals surface area contributed by atoms with Gasteiger partial charge < -0.3 is 24.6 Å². The number of nitrogens with one attached hydrogen (secondary N) is 1. The molecule has 0 unspecified atom stereocenters. The number of ether oxygens (including phenoxy) is 1. The summed E-state index contributed by atoms with van der Waals surface area (Å²) in [6, 6.07) is 17.7. The average Bonchev–Trinajstić information content (AvgIpc) is 3.46. The molecule has 13 nitrogen and oxygen atoms in total. The van der Waals surface area contributed by atoms with E-state index in [-0.39, 0.29) is 30.4 Å². The summed E-state index contributed by atoms with van der Waals surface area (Å²) < 4.78 is 9.81. The highest BCUT2D eigenvalue weighted by molar-refractivity contribution is 7.59. The van der Waals surface area contributed by atoms with Crippen molar-refractivity contribution in [1.29, 1.82) is 0 Å². The van der Waals surface area contributed by atoms with E-state index in [2.05, 4.69) is 37.1 Å². The summed E-state index contributed by atoms with van der Waals surface area (Å²) in [4.78, 5) is 40.9. The average molecular weight is 680 g/mol. The third-order valence-electron chi connectivity index (χ3n) is 9.47. The third-order valence-corrected chi connectivity index (χ3v) is 9.47. The van der Waals surface area contributed by atoms with Crippen molar-refractivity contribution in [3.05, 3.63) is 106 Å². The number of aromatic nitrogens is 6. The predicted molar refractivity (Wildman–Crippen MR) is 194 cm³/mol. The fourth-order valence-corrected chi connectivity index (χ4v) is 6.82.